The maximum absolute atomic E-state index is 13.5. The zero-order valence-electron chi connectivity index (χ0n) is 20.2. The quantitative estimate of drug-likeness (QED) is 0.599. The second-order valence-corrected chi connectivity index (χ2v) is 13.6. The van der Waals surface area contributed by atoms with Crippen molar-refractivity contribution in [1.82, 2.24) is 5.32 Å². The lowest BCUT2D eigenvalue weighted by Crippen LogP contribution is -2.45. The van der Waals surface area contributed by atoms with Crippen molar-refractivity contribution in [1.29, 1.82) is 0 Å². The van der Waals surface area contributed by atoms with E-state index < -0.39 is 33.5 Å². The third-order valence-corrected chi connectivity index (χ3v) is 9.08. The van der Waals surface area contributed by atoms with E-state index in [-0.39, 0.29) is 29.2 Å². The lowest BCUT2D eigenvalue weighted by atomic mass is 10.1. The Morgan fingerprint density at radius 2 is 1.89 bits per heavy atom. The zero-order valence-corrected chi connectivity index (χ0v) is 22.6. The number of thioether (sulfide) groups is 1. The van der Waals surface area contributed by atoms with Gasteiger partial charge in [0.15, 0.2) is 15.0 Å². The zero-order chi connectivity index (χ0) is 26.1. The number of amidine groups is 1. The van der Waals surface area contributed by atoms with Crippen LogP contribution in [0.3, 0.4) is 0 Å². The number of nitrogens with one attached hydrogen (secondary N) is 1. The van der Waals surface area contributed by atoms with Crippen LogP contribution in [-0.4, -0.2) is 60.0 Å². The first-order chi connectivity index (χ1) is 16.9. The van der Waals surface area contributed by atoms with E-state index >= 15 is 0 Å². The second kappa shape index (κ2) is 10.4. The Bertz CT molecular complexity index is 1280. The molecule has 1 N–H and O–H groups in total. The van der Waals surface area contributed by atoms with Crippen LogP contribution < -0.4 is 10.2 Å². The summed E-state index contributed by atoms with van der Waals surface area (Å²) in [5, 5.41) is 3.28. The lowest BCUT2D eigenvalue weighted by Gasteiger charge is -2.25. The number of alkyl carbamates (subject to hydrolysis) is 1. The molecule has 0 unspecified atom stereocenters. The number of amides is 2. The fraction of sp³-hybridized carbons (Fsp3) is 0.400. The molecule has 0 bridgehead atoms. The minimum absolute atomic E-state index is 0.0101. The van der Waals surface area contributed by atoms with Gasteiger partial charge in [-0.25, -0.2) is 13.2 Å². The third-order valence-electron chi connectivity index (χ3n) is 5.63. The summed E-state index contributed by atoms with van der Waals surface area (Å²) >= 11 is 7.47. The molecule has 2 saturated heterocycles. The molecule has 0 aromatic heterocycles. The average molecular weight is 550 g/mol. The molecule has 4 rings (SSSR count). The molecule has 2 aromatic rings. The first kappa shape index (κ1) is 26.5. The van der Waals surface area contributed by atoms with E-state index in [1.54, 1.807) is 49.9 Å². The van der Waals surface area contributed by atoms with Gasteiger partial charge >= 0.3 is 6.09 Å². The van der Waals surface area contributed by atoms with Crippen LogP contribution in [0.2, 0.25) is 5.02 Å². The van der Waals surface area contributed by atoms with Crippen LogP contribution in [-0.2, 0) is 25.8 Å². The van der Waals surface area contributed by atoms with Gasteiger partial charge in [0, 0.05) is 22.4 Å². The van der Waals surface area contributed by atoms with Gasteiger partial charge in [-0.1, -0.05) is 59.8 Å². The molecule has 2 fully saturated rings. The number of anilines is 1. The number of carbonyl (C=O) groups is 2. The van der Waals surface area contributed by atoms with Gasteiger partial charge < -0.3 is 15.0 Å². The standard InChI is InChI=1S/C25H28ClN3O5S2/c1-25(2,3)34-24(31)27-19(12-16-8-5-4-6-9-16)22(30)28-23-29(18-11-7-10-17(26)13-18)20-14-36(32,33)15-21(20)35-23/h4-11,13,19-21H,12,14-15H2,1-3H3,(H,27,31)/t19-,20-,21-/m0/s1. The van der Waals surface area contributed by atoms with Crippen molar-refractivity contribution in [2.45, 2.75) is 50.1 Å². The number of fused-ring (bicyclic) bond motifs is 1. The van der Waals surface area contributed by atoms with Crippen LogP contribution in [0.15, 0.2) is 59.6 Å². The number of rotatable bonds is 5. The number of sulfone groups is 1. The predicted octanol–water partition coefficient (Wildman–Crippen LogP) is 4.08. The highest BCUT2D eigenvalue weighted by Gasteiger charge is 2.49. The normalized spacial score (nSPS) is 22.8. The van der Waals surface area contributed by atoms with Gasteiger partial charge in [0.05, 0.1) is 17.5 Å². The number of hydrogen-bond acceptors (Lipinski definition) is 6. The van der Waals surface area contributed by atoms with Crippen molar-refractivity contribution < 1.29 is 22.7 Å². The second-order valence-electron chi connectivity index (χ2n) is 9.77. The molecule has 8 nitrogen and oxygen atoms in total. The van der Waals surface area contributed by atoms with E-state index in [1.165, 1.54) is 11.8 Å². The number of hydrogen-bond donors (Lipinski definition) is 1. The van der Waals surface area contributed by atoms with E-state index in [2.05, 4.69) is 10.3 Å². The molecule has 2 amide bonds. The van der Waals surface area contributed by atoms with Gasteiger partial charge in [-0.2, -0.15) is 4.99 Å². The smallest absolute Gasteiger partial charge is 0.408 e. The fourth-order valence-electron chi connectivity index (χ4n) is 4.16. The van der Waals surface area contributed by atoms with E-state index in [4.69, 9.17) is 16.3 Å². The molecular formula is C25H28ClN3O5S2. The molecule has 0 radical (unpaired) electrons. The molecular weight excluding hydrogens is 522 g/mol. The lowest BCUT2D eigenvalue weighted by molar-refractivity contribution is -0.119. The molecule has 0 aliphatic carbocycles. The Kier molecular flexibility index (Phi) is 7.68. The molecule has 2 aliphatic heterocycles. The summed E-state index contributed by atoms with van der Waals surface area (Å²) in [6, 6.07) is 15.0. The Morgan fingerprint density at radius 1 is 1.17 bits per heavy atom. The summed E-state index contributed by atoms with van der Waals surface area (Å²) in [4.78, 5) is 32.2. The van der Waals surface area contributed by atoms with Gasteiger partial charge in [-0.05, 0) is 44.5 Å². The maximum Gasteiger partial charge on any atom is 0.408 e. The third kappa shape index (κ3) is 6.60. The fourth-order valence-corrected chi connectivity index (χ4v) is 8.27. The number of carbonyl (C=O) groups excluding carboxylic acids is 2. The van der Waals surface area contributed by atoms with E-state index in [1.807, 2.05) is 30.3 Å². The van der Waals surface area contributed by atoms with E-state index in [0.29, 0.717) is 15.9 Å². The largest absolute Gasteiger partial charge is 0.444 e. The summed E-state index contributed by atoms with van der Waals surface area (Å²) in [5.74, 6) is -0.577. The number of nitrogens with zero attached hydrogens (tertiary/aromatic N) is 2. The Balaban J connectivity index is 1.65. The molecule has 192 valence electrons. The van der Waals surface area contributed by atoms with Gasteiger partial charge in [0.1, 0.15) is 11.6 Å². The van der Waals surface area contributed by atoms with Crippen LogP contribution in [0.1, 0.15) is 26.3 Å². The van der Waals surface area contributed by atoms with Crippen LogP contribution in [0, 0.1) is 0 Å². The summed E-state index contributed by atoms with van der Waals surface area (Å²) in [7, 11) is -3.21. The summed E-state index contributed by atoms with van der Waals surface area (Å²) in [5.41, 5.74) is 0.774. The van der Waals surface area contributed by atoms with Gasteiger partial charge in [0.2, 0.25) is 0 Å². The maximum atomic E-state index is 13.5. The minimum atomic E-state index is -3.21. The Labute approximate surface area is 220 Å². The van der Waals surface area contributed by atoms with Crippen LogP contribution >= 0.6 is 23.4 Å². The molecule has 2 aromatic carbocycles. The first-order valence-electron chi connectivity index (χ1n) is 11.5. The number of aliphatic imine (C=N–C) groups is 1. The molecule has 3 atom stereocenters. The van der Waals surface area contributed by atoms with Crippen LogP contribution in [0.4, 0.5) is 10.5 Å². The van der Waals surface area contributed by atoms with Crippen molar-refractivity contribution in [3.05, 3.63) is 65.2 Å². The Morgan fingerprint density at radius 3 is 2.56 bits per heavy atom. The average Bonchev–Trinajstić information content (AvgIpc) is 3.23. The Hall–Kier alpha value is -2.56. The number of halogens is 1. The topological polar surface area (TPSA) is 105 Å². The molecule has 36 heavy (non-hydrogen) atoms. The van der Waals surface area contributed by atoms with Crippen molar-refractivity contribution in [2.24, 2.45) is 4.99 Å². The predicted molar refractivity (Wildman–Crippen MR) is 143 cm³/mol. The van der Waals surface area contributed by atoms with E-state index in [0.717, 1.165) is 5.56 Å². The minimum Gasteiger partial charge on any atom is -0.444 e. The van der Waals surface area contributed by atoms with Crippen molar-refractivity contribution >= 4 is 56.1 Å². The molecule has 0 saturated carbocycles. The summed E-state index contributed by atoms with van der Waals surface area (Å²) in [6.45, 7) is 5.23. The van der Waals surface area contributed by atoms with E-state index in [9.17, 15) is 18.0 Å². The van der Waals surface area contributed by atoms with Gasteiger partial charge in [0.25, 0.3) is 5.91 Å². The van der Waals surface area contributed by atoms with Gasteiger partial charge in [-0.15, -0.1) is 0 Å². The van der Waals surface area contributed by atoms with Gasteiger partial charge in [-0.3, -0.25) is 4.79 Å². The van der Waals surface area contributed by atoms with Crippen molar-refractivity contribution in [3.63, 3.8) is 0 Å². The number of ether oxygens (including phenoxy) is 1. The highest BCUT2D eigenvalue weighted by Crippen LogP contribution is 2.41. The molecule has 2 heterocycles. The van der Waals surface area contributed by atoms with Crippen molar-refractivity contribution in [3.8, 4) is 0 Å². The first-order valence-corrected chi connectivity index (χ1v) is 14.6. The highest BCUT2D eigenvalue weighted by atomic mass is 35.5. The summed E-state index contributed by atoms with van der Waals surface area (Å²) in [6.07, 6.45) is -0.496. The molecule has 2 aliphatic rings. The molecule has 0 spiro atoms. The van der Waals surface area contributed by atoms with Crippen molar-refractivity contribution in [2.75, 3.05) is 16.4 Å². The SMILES string of the molecule is CC(C)(C)OC(=O)N[C@@H](Cc1ccccc1)C(=O)N=C1S[C@H]2CS(=O)(=O)C[C@@H]2N1c1cccc(Cl)c1. The van der Waals surface area contributed by atoms with Crippen LogP contribution in [0.5, 0.6) is 0 Å². The highest BCUT2D eigenvalue weighted by molar-refractivity contribution is 8.16. The number of benzene rings is 2. The summed E-state index contributed by atoms with van der Waals surface area (Å²) < 4.78 is 30.0. The molecule has 11 heteroatoms. The monoisotopic (exact) mass is 549 g/mol. The van der Waals surface area contributed by atoms with Crippen LogP contribution in [0.25, 0.3) is 0 Å².